The predicted molar refractivity (Wildman–Crippen MR) is 121 cm³/mol. The molecule has 0 heterocycles. The van der Waals surface area contributed by atoms with Crippen LogP contribution in [0, 0.1) is 28.6 Å². The van der Waals surface area contributed by atoms with E-state index in [0.717, 1.165) is 0 Å². The highest BCUT2D eigenvalue weighted by Gasteiger charge is 2.77. The van der Waals surface area contributed by atoms with Crippen LogP contribution in [-0.4, -0.2) is 40.5 Å². The van der Waals surface area contributed by atoms with Crippen LogP contribution in [0.3, 0.4) is 0 Å². The van der Waals surface area contributed by atoms with Crippen molar-refractivity contribution in [1.29, 1.82) is 0 Å². The van der Waals surface area contributed by atoms with Crippen molar-refractivity contribution >= 4 is 34.9 Å². The van der Waals surface area contributed by atoms with Crippen LogP contribution in [0.1, 0.15) is 66.2 Å². The topological polar surface area (TPSA) is 77.5 Å². The van der Waals surface area contributed by atoms with Crippen molar-refractivity contribution in [3.8, 4) is 0 Å². The van der Waals surface area contributed by atoms with Crippen LogP contribution < -0.4 is 0 Å². The molecule has 0 N–H and O–H groups in total. The lowest BCUT2D eigenvalue weighted by atomic mass is 9.45. The van der Waals surface area contributed by atoms with Crippen LogP contribution in [-0.2, 0) is 23.9 Å². The van der Waals surface area contributed by atoms with E-state index in [1.165, 1.54) is 12.2 Å². The number of rotatable bonds is 5. The lowest BCUT2D eigenvalue weighted by molar-refractivity contribution is -0.201. The van der Waals surface area contributed by atoms with Crippen LogP contribution in [0.5, 0.6) is 0 Å². The first-order valence-corrected chi connectivity index (χ1v) is 12.4. The molecule has 5 nitrogen and oxygen atoms in total. The number of carbonyl (C=O) groups is 4. The van der Waals surface area contributed by atoms with Gasteiger partial charge in [-0.1, -0.05) is 32.4 Å². The summed E-state index contributed by atoms with van der Waals surface area (Å²) in [5, 5.41) is 0. The fourth-order valence-corrected chi connectivity index (χ4v) is 7.86. The molecule has 33 heavy (non-hydrogen) atoms. The van der Waals surface area contributed by atoms with E-state index in [1.807, 2.05) is 13.8 Å². The van der Waals surface area contributed by atoms with Crippen molar-refractivity contribution in [1.82, 2.24) is 0 Å². The molecule has 7 heteroatoms. The first-order valence-electron chi connectivity index (χ1n) is 11.9. The second kappa shape index (κ2) is 7.86. The highest BCUT2D eigenvalue weighted by Crippen LogP contribution is 2.70. The molecule has 0 radical (unpaired) electrons. The van der Waals surface area contributed by atoms with Gasteiger partial charge in [0.25, 0.3) is 0 Å². The van der Waals surface area contributed by atoms with Gasteiger partial charge in [-0.05, 0) is 50.7 Å². The van der Waals surface area contributed by atoms with Gasteiger partial charge in [0.05, 0.1) is 5.88 Å². The molecule has 7 atom stereocenters. The maximum absolute atomic E-state index is 17.1. The minimum atomic E-state index is -2.19. The summed E-state index contributed by atoms with van der Waals surface area (Å²) < 4.78 is 23.1. The molecule has 180 valence electrons. The maximum atomic E-state index is 17.1. The molecular weight excluding hydrogens is 447 g/mol. The van der Waals surface area contributed by atoms with E-state index in [-0.39, 0.29) is 30.4 Å². The number of hydrogen-bond donors (Lipinski definition) is 0. The number of alkyl halides is 2. The fraction of sp³-hybridized carbons (Fsp3) is 0.692. The molecule has 0 aliphatic heterocycles. The third-order valence-corrected chi connectivity index (χ3v) is 9.45. The quantitative estimate of drug-likeness (QED) is 0.422. The Balaban J connectivity index is 1.84. The first kappa shape index (κ1) is 24.3. The summed E-state index contributed by atoms with van der Waals surface area (Å²) >= 11 is 6.02. The predicted octanol–water partition coefficient (Wildman–Crippen LogP) is 4.70. The van der Waals surface area contributed by atoms with Crippen molar-refractivity contribution in [3.05, 3.63) is 23.8 Å². The molecule has 3 fully saturated rings. The third-order valence-electron chi connectivity index (χ3n) is 9.21. The van der Waals surface area contributed by atoms with E-state index < -0.39 is 51.5 Å². The number of esters is 1. The van der Waals surface area contributed by atoms with Gasteiger partial charge >= 0.3 is 5.97 Å². The summed E-state index contributed by atoms with van der Waals surface area (Å²) in [6.45, 7) is 7.19. The Morgan fingerprint density at radius 1 is 1.24 bits per heavy atom. The summed E-state index contributed by atoms with van der Waals surface area (Å²) in [6.07, 6.45) is 6.21. The van der Waals surface area contributed by atoms with Gasteiger partial charge in [0.2, 0.25) is 0 Å². The minimum Gasteiger partial charge on any atom is -0.450 e. The van der Waals surface area contributed by atoms with E-state index in [2.05, 4.69) is 0 Å². The number of carbonyl (C=O) groups excluding carboxylic acids is 4. The molecule has 0 bridgehead atoms. The summed E-state index contributed by atoms with van der Waals surface area (Å²) in [7, 11) is 0. The van der Waals surface area contributed by atoms with Gasteiger partial charge in [0, 0.05) is 35.5 Å². The lowest BCUT2D eigenvalue weighted by Gasteiger charge is -2.59. The number of allylic oxidation sites excluding steroid dienone is 4. The number of Topliss-reactive ketones (excluding diaryl/α,β-unsaturated/α-hetero) is 2. The van der Waals surface area contributed by atoms with Crippen molar-refractivity contribution in [3.63, 3.8) is 0 Å². The van der Waals surface area contributed by atoms with Crippen molar-refractivity contribution in [2.45, 2.75) is 77.5 Å². The molecule has 0 aromatic rings. The van der Waals surface area contributed by atoms with Crippen molar-refractivity contribution in [2.75, 3.05) is 5.88 Å². The summed E-state index contributed by atoms with van der Waals surface area (Å²) in [6, 6.07) is 0. The van der Waals surface area contributed by atoms with Gasteiger partial charge in [0.1, 0.15) is 0 Å². The van der Waals surface area contributed by atoms with Gasteiger partial charge in [-0.2, -0.15) is 0 Å². The smallest absolute Gasteiger partial charge is 0.306 e. The lowest BCUT2D eigenvalue weighted by Crippen LogP contribution is -2.68. The molecular formula is C26H32ClFO5. The Kier molecular flexibility index (Phi) is 5.79. The van der Waals surface area contributed by atoms with Gasteiger partial charge in [-0.25, -0.2) is 4.39 Å². The number of ketones is 3. The highest BCUT2D eigenvalue weighted by atomic mass is 35.5. The highest BCUT2D eigenvalue weighted by molar-refractivity contribution is 6.29. The SMILES string of the molecule is CCCC(=O)O[C@]1(C(=O)CCl)C(C)C[C@H]2[C@@H]3CCC4=CC(=O)C=C[C@]4(C)[C@@]3(F)C(=O)C[C@@]21C. The van der Waals surface area contributed by atoms with Crippen LogP contribution in [0.4, 0.5) is 4.39 Å². The zero-order valence-corrected chi connectivity index (χ0v) is 20.5. The van der Waals surface area contributed by atoms with Crippen LogP contribution in [0.15, 0.2) is 23.8 Å². The minimum absolute atomic E-state index is 0.153. The number of fused-ring (bicyclic) bond motifs is 5. The molecule has 1 unspecified atom stereocenters. The number of hydrogen-bond acceptors (Lipinski definition) is 5. The third kappa shape index (κ3) is 2.95. The number of ether oxygens (including phenoxy) is 1. The zero-order valence-electron chi connectivity index (χ0n) is 19.7. The Morgan fingerprint density at radius 3 is 2.58 bits per heavy atom. The van der Waals surface area contributed by atoms with Gasteiger partial charge in [-0.15, -0.1) is 11.6 Å². The largest absolute Gasteiger partial charge is 0.450 e. The molecule has 4 rings (SSSR count). The second-order valence-corrected chi connectivity index (χ2v) is 11.0. The van der Waals surface area contributed by atoms with Crippen LogP contribution in [0.25, 0.3) is 0 Å². The molecule has 0 spiro atoms. The molecule has 3 saturated carbocycles. The van der Waals surface area contributed by atoms with Gasteiger partial charge < -0.3 is 4.74 Å². The Bertz CT molecular complexity index is 987. The summed E-state index contributed by atoms with van der Waals surface area (Å²) in [4.78, 5) is 51.7. The molecule has 4 aliphatic rings. The van der Waals surface area contributed by atoms with Crippen LogP contribution >= 0.6 is 11.6 Å². The Hall–Kier alpha value is -1.82. The average Bonchev–Trinajstić information content (AvgIpc) is 2.97. The van der Waals surface area contributed by atoms with Gasteiger partial charge in [-0.3, -0.25) is 19.2 Å². The Morgan fingerprint density at radius 2 is 1.94 bits per heavy atom. The average molecular weight is 479 g/mol. The monoisotopic (exact) mass is 478 g/mol. The molecule has 0 amide bonds. The van der Waals surface area contributed by atoms with Crippen LogP contribution in [0.2, 0.25) is 0 Å². The molecule has 0 saturated heterocycles. The van der Waals surface area contributed by atoms with Crippen molar-refractivity contribution in [2.24, 2.45) is 28.6 Å². The zero-order chi connectivity index (χ0) is 24.4. The summed E-state index contributed by atoms with van der Waals surface area (Å²) in [5.74, 6) is -3.45. The van der Waals surface area contributed by atoms with E-state index >= 15 is 4.39 Å². The van der Waals surface area contributed by atoms with Gasteiger partial charge in [0.15, 0.2) is 28.6 Å². The maximum Gasteiger partial charge on any atom is 0.306 e. The summed E-state index contributed by atoms with van der Waals surface area (Å²) in [5.41, 5.74) is -5.35. The standard InChI is InChI=1S/C26H32ClFO5/c1-5-6-22(32)33-26(21(31)14-27)15(2)11-19-18-8-7-16-12-17(29)9-10-23(16,3)25(18,28)20(30)13-24(19,26)4/h9-10,12,15,18-19H,5-8,11,13-14H2,1-4H3/t15?,18-,19-,23-,24-,25-,26-/m0/s1. The molecule has 0 aromatic heterocycles. The van der Waals surface area contributed by atoms with E-state index in [0.29, 0.717) is 31.3 Å². The molecule has 0 aromatic carbocycles. The fourth-order valence-electron chi connectivity index (χ4n) is 7.66. The Labute approximate surface area is 199 Å². The second-order valence-electron chi connectivity index (χ2n) is 10.7. The normalized spacial score (nSPS) is 43.9. The van der Waals surface area contributed by atoms with E-state index in [4.69, 9.17) is 16.3 Å². The number of halogens is 2. The van der Waals surface area contributed by atoms with E-state index in [9.17, 15) is 19.2 Å². The van der Waals surface area contributed by atoms with Crippen molar-refractivity contribution < 1.29 is 28.3 Å². The molecule has 4 aliphatic carbocycles. The van der Waals surface area contributed by atoms with E-state index in [1.54, 1.807) is 19.9 Å². The first-order chi connectivity index (χ1) is 15.4.